The van der Waals surface area contributed by atoms with Gasteiger partial charge in [-0.25, -0.2) is 14.6 Å². The molecule has 5 aromatic carbocycles. The predicted octanol–water partition coefficient (Wildman–Crippen LogP) is 11.4. The van der Waals surface area contributed by atoms with Crippen LogP contribution in [-0.2, 0) is 22.6 Å². The molecular weight excluding hydrogens is 973 g/mol. The monoisotopic (exact) mass is 1020 g/mol. The van der Waals surface area contributed by atoms with Crippen LogP contribution in [0.2, 0.25) is 0 Å². The number of carbonyl (C=O) groups excluding carboxylic acids is 5. The Morgan fingerprint density at radius 1 is 0.643 bits per heavy atom. The van der Waals surface area contributed by atoms with Gasteiger partial charge in [0.1, 0.15) is 11.2 Å². The fourth-order valence-corrected chi connectivity index (χ4v) is 8.73. The lowest BCUT2D eigenvalue weighted by molar-refractivity contribution is 0.0512. The predicted molar refractivity (Wildman–Crippen MR) is 279 cm³/mol. The third kappa shape index (κ3) is 11.9. The Morgan fingerprint density at radius 2 is 1.14 bits per heavy atom. The van der Waals surface area contributed by atoms with Gasteiger partial charge in [0, 0.05) is 68.1 Å². The maximum absolute atomic E-state index is 12.7. The molecule has 8 aromatic rings. The molecular formula is C53H53BrN8O7S. The van der Waals surface area contributed by atoms with Crippen molar-refractivity contribution >= 4 is 84.7 Å². The van der Waals surface area contributed by atoms with Gasteiger partial charge in [-0.05, 0) is 113 Å². The van der Waals surface area contributed by atoms with Crippen molar-refractivity contribution in [2.24, 2.45) is 11.5 Å². The molecule has 0 saturated heterocycles. The number of amides is 5. The maximum atomic E-state index is 12.7. The number of aromatic amines is 2. The number of fused-ring (bicyclic) bond motifs is 2. The molecule has 0 bridgehead atoms. The van der Waals surface area contributed by atoms with Crippen molar-refractivity contribution < 1.29 is 33.4 Å². The van der Waals surface area contributed by atoms with Crippen LogP contribution in [0, 0.1) is 6.92 Å². The molecule has 0 radical (unpaired) electrons. The van der Waals surface area contributed by atoms with Crippen molar-refractivity contribution in [1.82, 2.24) is 25.6 Å². The summed E-state index contributed by atoms with van der Waals surface area (Å²) in [5, 5.41) is 12.3. The van der Waals surface area contributed by atoms with Crippen molar-refractivity contribution in [3.05, 3.63) is 152 Å². The normalized spacial score (nSPS) is 11.4. The van der Waals surface area contributed by atoms with Crippen LogP contribution < -0.4 is 27.4 Å². The summed E-state index contributed by atoms with van der Waals surface area (Å²) < 4.78 is 11.5. The number of nitrogens with zero attached hydrogens (tertiary/aromatic N) is 1. The lowest BCUT2D eigenvalue weighted by Crippen LogP contribution is -2.32. The second-order valence-electron chi connectivity index (χ2n) is 18.2. The van der Waals surface area contributed by atoms with E-state index >= 15 is 0 Å². The van der Waals surface area contributed by atoms with Crippen LogP contribution in [0.5, 0.6) is 0 Å². The molecule has 0 unspecified atom stereocenters. The van der Waals surface area contributed by atoms with Crippen molar-refractivity contribution in [1.29, 1.82) is 0 Å². The summed E-state index contributed by atoms with van der Waals surface area (Å²) in [5.74, 6) is -1.33. The van der Waals surface area contributed by atoms with Gasteiger partial charge < -0.3 is 46.9 Å². The zero-order valence-electron chi connectivity index (χ0n) is 39.6. The van der Waals surface area contributed by atoms with E-state index in [0.717, 1.165) is 65.6 Å². The van der Waals surface area contributed by atoms with Gasteiger partial charge in [-0.2, -0.15) is 0 Å². The molecule has 360 valence electrons. The standard InChI is InChI=1S/C32H31N5O4S.C21H22BrN3O3/c1-18-20(10-7-11-25(18)37-29(39)30-34-14-15-42-30)22-12-13-23(28(33)38)27-24(22)16-26(36-27)21-9-6-5-8-19(21)17-35-31(40)41-32(2,3)4;1-21(2,3)28-20(27)24-11-12-6-4-5-7-13(12)17-10-15-16(22)9-8-14(19(23)26)18(15)25-17/h5-16,36H,17H2,1-4H3,(H2,33,38)(H,35,40)(H,37,39);4-10,25H,11H2,1-3H3,(H2,23,26)(H,24,27). The summed E-state index contributed by atoms with van der Waals surface area (Å²) in [5.41, 5.74) is 20.6. The molecule has 0 spiro atoms. The number of anilines is 1. The van der Waals surface area contributed by atoms with Gasteiger partial charge >= 0.3 is 12.2 Å². The van der Waals surface area contributed by atoms with Gasteiger partial charge in [0.15, 0.2) is 5.01 Å². The van der Waals surface area contributed by atoms with Crippen LogP contribution in [0.1, 0.15) is 88.8 Å². The molecule has 0 aliphatic rings. The molecule has 3 heterocycles. The number of nitrogens with two attached hydrogens (primary N) is 2. The fourth-order valence-electron chi connectivity index (χ4n) is 7.75. The van der Waals surface area contributed by atoms with Gasteiger partial charge in [-0.1, -0.05) is 82.7 Å². The summed E-state index contributed by atoms with van der Waals surface area (Å²) in [6.45, 7) is 13.4. The zero-order chi connectivity index (χ0) is 50.5. The van der Waals surface area contributed by atoms with Crippen molar-refractivity contribution in [2.45, 2.75) is 72.8 Å². The maximum Gasteiger partial charge on any atom is 0.407 e. The van der Waals surface area contributed by atoms with E-state index in [4.69, 9.17) is 20.9 Å². The van der Waals surface area contributed by atoms with Crippen LogP contribution >= 0.6 is 27.3 Å². The Morgan fingerprint density at radius 3 is 1.66 bits per heavy atom. The highest BCUT2D eigenvalue weighted by Gasteiger charge is 2.22. The van der Waals surface area contributed by atoms with Gasteiger partial charge in [-0.3, -0.25) is 14.4 Å². The summed E-state index contributed by atoms with van der Waals surface area (Å²) in [6, 6.07) is 32.1. The number of benzene rings is 5. The molecule has 0 fully saturated rings. The Labute approximate surface area is 416 Å². The SMILES string of the molecule is CC(C)(C)OC(=O)NCc1ccccc1-c1cc2c(Br)ccc(C(N)=O)c2[nH]1.Cc1c(NC(=O)c2nccs2)cccc1-c1ccc(C(N)=O)c2[nH]c(-c3ccccc3CNC(=O)OC(C)(C)C)cc12. The number of nitrogens with one attached hydrogen (secondary N) is 5. The molecule has 9 N–H and O–H groups in total. The number of aromatic nitrogens is 3. The van der Waals surface area contributed by atoms with Crippen molar-refractivity contribution in [2.75, 3.05) is 5.32 Å². The first-order valence-corrected chi connectivity index (χ1v) is 23.8. The number of hydrogen-bond acceptors (Lipinski definition) is 9. The average molecular weight is 1030 g/mol. The average Bonchev–Trinajstić information content (AvgIpc) is 4.09. The molecule has 0 aliphatic carbocycles. The second kappa shape index (κ2) is 20.9. The molecule has 0 saturated carbocycles. The van der Waals surface area contributed by atoms with Crippen LogP contribution in [0.25, 0.3) is 55.4 Å². The zero-order valence-corrected chi connectivity index (χ0v) is 42.0. The number of ether oxygens (including phenoxy) is 2. The van der Waals surface area contributed by atoms with E-state index in [2.05, 4.69) is 46.8 Å². The molecule has 17 heteroatoms. The van der Waals surface area contributed by atoms with Crippen LogP contribution in [0.15, 0.2) is 119 Å². The molecule has 5 amide bonds. The number of hydrogen-bond donors (Lipinski definition) is 7. The highest BCUT2D eigenvalue weighted by molar-refractivity contribution is 9.10. The molecule has 0 atom stereocenters. The number of thiazole rings is 1. The molecule has 0 aliphatic heterocycles. The smallest absolute Gasteiger partial charge is 0.407 e. The second-order valence-corrected chi connectivity index (χ2v) is 20.0. The quantitative estimate of drug-likeness (QED) is 0.0656. The van der Waals surface area contributed by atoms with E-state index in [1.807, 2.05) is 133 Å². The van der Waals surface area contributed by atoms with Crippen molar-refractivity contribution in [3.63, 3.8) is 0 Å². The highest BCUT2D eigenvalue weighted by atomic mass is 79.9. The first-order valence-electron chi connectivity index (χ1n) is 22.1. The number of halogens is 1. The Balaban J connectivity index is 0.000000224. The molecule has 8 rings (SSSR count). The van der Waals surface area contributed by atoms with Gasteiger partial charge in [-0.15, -0.1) is 11.3 Å². The molecule has 70 heavy (non-hydrogen) atoms. The van der Waals surface area contributed by atoms with Crippen LogP contribution in [-0.4, -0.2) is 56.1 Å². The van der Waals surface area contributed by atoms with Crippen LogP contribution in [0.4, 0.5) is 15.3 Å². The number of rotatable bonds is 11. The first kappa shape index (κ1) is 50.1. The third-order valence-electron chi connectivity index (χ3n) is 10.8. The van der Waals surface area contributed by atoms with E-state index in [9.17, 15) is 24.0 Å². The minimum Gasteiger partial charge on any atom is -0.444 e. The Bertz CT molecular complexity index is 3270. The summed E-state index contributed by atoms with van der Waals surface area (Å²) in [4.78, 5) is 72.0. The van der Waals surface area contributed by atoms with E-state index in [0.29, 0.717) is 39.4 Å². The Kier molecular flexibility index (Phi) is 14.9. The topological polar surface area (TPSA) is 236 Å². The van der Waals surface area contributed by atoms with E-state index in [1.54, 1.807) is 29.8 Å². The summed E-state index contributed by atoms with van der Waals surface area (Å²) in [6.07, 6.45) is 0.608. The number of H-pyrrole nitrogens is 2. The summed E-state index contributed by atoms with van der Waals surface area (Å²) >= 11 is 4.79. The number of primary amides is 2. The van der Waals surface area contributed by atoms with Crippen molar-refractivity contribution in [3.8, 4) is 33.6 Å². The van der Waals surface area contributed by atoms with Gasteiger partial charge in [0.2, 0.25) is 0 Å². The molecule has 15 nitrogen and oxygen atoms in total. The van der Waals surface area contributed by atoms with Gasteiger partial charge in [0.05, 0.1) is 22.2 Å². The minimum absolute atomic E-state index is 0.246. The highest BCUT2D eigenvalue weighted by Crippen LogP contribution is 2.38. The lowest BCUT2D eigenvalue weighted by Gasteiger charge is -2.20. The third-order valence-corrected chi connectivity index (χ3v) is 12.3. The van der Waals surface area contributed by atoms with Gasteiger partial charge in [0.25, 0.3) is 17.7 Å². The largest absolute Gasteiger partial charge is 0.444 e. The fraction of sp³-hybridized carbons (Fsp3) is 0.208. The van der Waals surface area contributed by atoms with E-state index < -0.39 is 35.2 Å². The summed E-state index contributed by atoms with van der Waals surface area (Å²) in [7, 11) is 0. The lowest BCUT2D eigenvalue weighted by atomic mass is 9.94. The van der Waals surface area contributed by atoms with E-state index in [-0.39, 0.29) is 12.5 Å². The minimum atomic E-state index is -0.610. The Hall–Kier alpha value is -7.76. The number of alkyl carbamates (subject to hydrolysis) is 2. The number of carbonyl (C=O) groups is 5. The molecule has 3 aromatic heterocycles. The van der Waals surface area contributed by atoms with Crippen LogP contribution in [0.3, 0.4) is 0 Å². The first-order chi connectivity index (χ1) is 33.2. The van der Waals surface area contributed by atoms with E-state index in [1.165, 1.54) is 11.3 Å².